The molecule has 1 heterocycles. The molecule has 0 fully saturated rings. The van der Waals surface area contributed by atoms with Crippen molar-refractivity contribution in [2.24, 2.45) is 11.3 Å². The van der Waals surface area contributed by atoms with Gasteiger partial charge in [-0.1, -0.05) is 32.9 Å². The lowest BCUT2D eigenvalue weighted by molar-refractivity contribution is 0.356. The largest absolute Gasteiger partial charge is 0.316 e. The van der Waals surface area contributed by atoms with Crippen LogP contribution in [0.1, 0.15) is 32.1 Å². The zero-order valence-electron chi connectivity index (χ0n) is 11.3. The van der Waals surface area contributed by atoms with E-state index in [0.29, 0.717) is 5.92 Å². The van der Waals surface area contributed by atoms with E-state index in [1.54, 1.807) is 0 Å². The number of nitrogens with one attached hydrogen (secondary N) is 1. The molecule has 0 radical (unpaired) electrons. The molecule has 2 heteroatoms. The maximum absolute atomic E-state index is 3.99. The molecule has 0 amide bonds. The summed E-state index contributed by atoms with van der Waals surface area (Å²) in [6.45, 7) is 12.9. The standard InChI is InChI=1S/C15H25NS/c1-5-15(4,12-16-11-13(2)3)9-8-14-7-6-10-17-14/h5-7,10,13,16H,1,8-9,11-12H2,2-4H3. The van der Waals surface area contributed by atoms with E-state index in [1.165, 1.54) is 11.3 Å². The van der Waals surface area contributed by atoms with Crippen molar-refractivity contribution in [3.05, 3.63) is 35.0 Å². The Morgan fingerprint density at radius 1 is 1.53 bits per heavy atom. The molecule has 1 aromatic rings. The number of aryl methyl sites for hydroxylation is 1. The van der Waals surface area contributed by atoms with Crippen LogP contribution in [0.25, 0.3) is 0 Å². The van der Waals surface area contributed by atoms with Crippen molar-refractivity contribution in [2.45, 2.75) is 33.6 Å². The normalized spacial score (nSPS) is 14.8. The zero-order chi connectivity index (χ0) is 12.7. The van der Waals surface area contributed by atoms with Gasteiger partial charge in [0.2, 0.25) is 0 Å². The molecule has 0 spiro atoms. The Balaban J connectivity index is 2.36. The van der Waals surface area contributed by atoms with Gasteiger partial charge in [-0.05, 0) is 42.2 Å². The van der Waals surface area contributed by atoms with Gasteiger partial charge >= 0.3 is 0 Å². The highest BCUT2D eigenvalue weighted by Crippen LogP contribution is 2.25. The average molecular weight is 251 g/mol. The lowest BCUT2D eigenvalue weighted by Crippen LogP contribution is -2.32. The van der Waals surface area contributed by atoms with Crippen LogP contribution >= 0.6 is 11.3 Å². The Kier molecular flexibility index (Phi) is 5.93. The first kappa shape index (κ1) is 14.5. The quantitative estimate of drug-likeness (QED) is 0.685. The van der Waals surface area contributed by atoms with Crippen molar-refractivity contribution < 1.29 is 0 Å². The molecule has 1 atom stereocenters. The molecule has 1 rings (SSSR count). The molecule has 1 nitrogen and oxygen atoms in total. The van der Waals surface area contributed by atoms with E-state index < -0.39 is 0 Å². The minimum Gasteiger partial charge on any atom is -0.316 e. The van der Waals surface area contributed by atoms with Gasteiger partial charge in [0.05, 0.1) is 0 Å². The molecule has 1 unspecified atom stereocenters. The number of rotatable bonds is 8. The van der Waals surface area contributed by atoms with Gasteiger partial charge in [0, 0.05) is 11.4 Å². The van der Waals surface area contributed by atoms with Crippen LogP contribution in [0.15, 0.2) is 30.2 Å². The summed E-state index contributed by atoms with van der Waals surface area (Å²) in [4.78, 5) is 1.47. The third-order valence-electron chi connectivity index (χ3n) is 3.10. The Morgan fingerprint density at radius 2 is 2.29 bits per heavy atom. The third-order valence-corrected chi connectivity index (χ3v) is 4.03. The molecule has 1 N–H and O–H groups in total. The van der Waals surface area contributed by atoms with E-state index in [4.69, 9.17) is 0 Å². The fraction of sp³-hybridized carbons (Fsp3) is 0.600. The predicted molar refractivity (Wildman–Crippen MR) is 78.7 cm³/mol. The van der Waals surface area contributed by atoms with Crippen LogP contribution in [0.3, 0.4) is 0 Å². The molecule has 96 valence electrons. The molecule has 0 aliphatic heterocycles. The maximum atomic E-state index is 3.99. The third kappa shape index (κ3) is 5.51. The smallest absolute Gasteiger partial charge is 0.00455 e. The van der Waals surface area contributed by atoms with Crippen molar-refractivity contribution >= 4 is 11.3 Å². The van der Waals surface area contributed by atoms with Crippen LogP contribution in [-0.4, -0.2) is 13.1 Å². The van der Waals surface area contributed by atoms with Crippen LogP contribution < -0.4 is 5.32 Å². The van der Waals surface area contributed by atoms with Gasteiger partial charge in [0.25, 0.3) is 0 Å². The van der Waals surface area contributed by atoms with Crippen LogP contribution in [0.4, 0.5) is 0 Å². The predicted octanol–water partition coefficient (Wildman–Crippen LogP) is 4.12. The number of hydrogen-bond acceptors (Lipinski definition) is 2. The van der Waals surface area contributed by atoms with Gasteiger partial charge in [0.15, 0.2) is 0 Å². The van der Waals surface area contributed by atoms with Gasteiger partial charge in [0.1, 0.15) is 0 Å². The molecule has 0 bridgehead atoms. The Morgan fingerprint density at radius 3 is 2.82 bits per heavy atom. The van der Waals surface area contributed by atoms with Crippen LogP contribution in [0.5, 0.6) is 0 Å². The molecule has 0 aliphatic carbocycles. The zero-order valence-corrected chi connectivity index (χ0v) is 12.1. The summed E-state index contributed by atoms with van der Waals surface area (Å²) >= 11 is 1.85. The van der Waals surface area contributed by atoms with Crippen molar-refractivity contribution in [3.63, 3.8) is 0 Å². The fourth-order valence-corrected chi connectivity index (χ4v) is 2.48. The van der Waals surface area contributed by atoms with Crippen LogP contribution in [-0.2, 0) is 6.42 Å². The summed E-state index contributed by atoms with van der Waals surface area (Å²) < 4.78 is 0. The summed E-state index contributed by atoms with van der Waals surface area (Å²) in [5, 5.41) is 5.69. The topological polar surface area (TPSA) is 12.0 Å². The molecule has 0 aliphatic rings. The van der Waals surface area contributed by atoms with Gasteiger partial charge < -0.3 is 5.32 Å². The van der Waals surface area contributed by atoms with Crippen molar-refractivity contribution in [3.8, 4) is 0 Å². The van der Waals surface area contributed by atoms with Crippen molar-refractivity contribution in [2.75, 3.05) is 13.1 Å². The summed E-state index contributed by atoms with van der Waals surface area (Å²) in [6, 6.07) is 4.35. The lowest BCUT2D eigenvalue weighted by Gasteiger charge is -2.26. The van der Waals surface area contributed by atoms with Gasteiger partial charge in [-0.15, -0.1) is 17.9 Å². The summed E-state index contributed by atoms with van der Waals surface area (Å²) in [5.74, 6) is 0.710. The molecule has 0 saturated heterocycles. The Labute approximate surface area is 110 Å². The highest BCUT2D eigenvalue weighted by molar-refractivity contribution is 7.09. The Hall–Kier alpha value is -0.600. The van der Waals surface area contributed by atoms with E-state index in [1.807, 2.05) is 11.3 Å². The van der Waals surface area contributed by atoms with Crippen LogP contribution in [0.2, 0.25) is 0 Å². The van der Waals surface area contributed by atoms with E-state index in [9.17, 15) is 0 Å². The molecule has 1 aromatic heterocycles. The van der Waals surface area contributed by atoms with Crippen molar-refractivity contribution in [1.29, 1.82) is 0 Å². The molecular formula is C15H25NS. The monoisotopic (exact) mass is 251 g/mol. The molecule has 17 heavy (non-hydrogen) atoms. The maximum Gasteiger partial charge on any atom is 0.00455 e. The van der Waals surface area contributed by atoms with Gasteiger partial charge in [-0.25, -0.2) is 0 Å². The van der Waals surface area contributed by atoms with Crippen molar-refractivity contribution in [1.82, 2.24) is 5.32 Å². The highest BCUT2D eigenvalue weighted by atomic mass is 32.1. The highest BCUT2D eigenvalue weighted by Gasteiger charge is 2.19. The Bertz CT molecular complexity index is 316. The molecule has 0 aromatic carbocycles. The first-order chi connectivity index (χ1) is 8.06. The summed E-state index contributed by atoms with van der Waals surface area (Å²) in [5.41, 5.74) is 0.207. The first-order valence-corrected chi connectivity index (χ1v) is 7.30. The van der Waals surface area contributed by atoms with E-state index >= 15 is 0 Å². The van der Waals surface area contributed by atoms with E-state index in [0.717, 1.165) is 19.5 Å². The van der Waals surface area contributed by atoms with Gasteiger partial charge in [-0.3, -0.25) is 0 Å². The second-order valence-corrected chi connectivity index (χ2v) is 6.49. The second kappa shape index (κ2) is 6.97. The summed E-state index contributed by atoms with van der Waals surface area (Å²) in [7, 11) is 0. The summed E-state index contributed by atoms with van der Waals surface area (Å²) in [6.07, 6.45) is 4.43. The SMILES string of the molecule is C=CC(C)(CCc1cccs1)CNCC(C)C. The minimum absolute atomic E-state index is 0.207. The average Bonchev–Trinajstić information content (AvgIpc) is 2.79. The lowest BCUT2D eigenvalue weighted by atomic mass is 9.85. The number of hydrogen-bond donors (Lipinski definition) is 1. The fourth-order valence-electron chi connectivity index (χ4n) is 1.77. The molecule has 0 saturated carbocycles. The minimum atomic E-state index is 0.207. The van der Waals surface area contributed by atoms with E-state index in [2.05, 4.69) is 56.3 Å². The number of thiophene rings is 1. The molecular weight excluding hydrogens is 226 g/mol. The second-order valence-electron chi connectivity index (χ2n) is 5.46. The van der Waals surface area contributed by atoms with E-state index in [-0.39, 0.29) is 5.41 Å². The van der Waals surface area contributed by atoms with Gasteiger partial charge in [-0.2, -0.15) is 0 Å². The first-order valence-electron chi connectivity index (χ1n) is 6.42. The van der Waals surface area contributed by atoms with Crippen LogP contribution in [0, 0.1) is 11.3 Å².